The minimum atomic E-state index is -3.51. The van der Waals surface area contributed by atoms with Crippen molar-refractivity contribution in [1.29, 1.82) is 0 Å². The highest BCUT2D eigenvalue weighted by Gasteiger charge is 2.67. The maximum atomic E-state index is 13.5. The molecule has 9 nitrogen and oxygen atoms in total. The number of rotatable bonds is 11. The first-order chi connectivity index (χ1) is 16.3. The van der Waals surface area contributed by atoms with Crippen LogP contribution in [0.2, 0.25) is 0 Å². The lowest BCUT2D eigenvalue weighted by Crippen LogP contribution is -2.49. The van der Waals surface area contributed by atoms with Crippen LogP contribution >= 0.6 is 11.8 Å². The van der Waals surface area contributed by atoms with Gasteiger partial charge in [0.1, 0.15) is 0 Å². The van der Waals surface area contributed by atoms with Crippen LogP contribution in [0, 0.1) is 23.2 Å². The van der Waals surface area contributed by atoms with E-state index in [4.69, 9.17) is 15.3 Å². The van der Waals surface area contributed by atoms with Crippen molar-refractivity contribution in [1.82, 2.24) is 15.1 Å². The van der Waals surface area contributed by atoms with E-state index < -0.39 is 21.8 Å². The third-order valence-electron chi connectivity index (χ3n) is 7.62. The number of nitrogens with two attached hydrogens (primary N) is 1. The maximum absolute atomic E-state index is 13.5. The van der Waals surface area contributed by atoms with Crippen molar-refractivity contribution in [2.24, 2.45) is 28.9 Å². The molecular weight excluding hydrogens is 488 g/mol. The summed E-state index contributed by atoms with van der Waals surface area (Å²) in [6.07, 6.45) is 4.33. The Morgan fingerprint density at radius 1 is 1.34 bits per heavy atom. The number of carbonyl (C=O) groups is 1. The van der Waals surface area contributed by atoms with Crippen molar-refractivity contribution >= 4 is 27.7 Å². The van der Waals surface area contributed by atoms with E-state index in [-0.39, 0.29) is 36.1 Å². The first kappa shape index (κ1) is 27.2. The summed E-state index contributed by atoms with van der Waals surface area (Å²) in [7, 11) is -1.78. The second-order valence-electron chi connectivity index (χ2n) is 11.9. The van der Waals surface area contributed by atoms with Crippen molar-refractivity contribution in [2.75, 3.05) is 26.0 Å². The van der Waals surface area contributed by atoms with E-state index in [1.54, 1.807) is 32.7 Å². The monoisotopic (exact) mass is 530 g/mol. The molecule has 0 aromatic heterocycles. The first-order valence-corrected chi connectivity index (χ1v) is 15.2. The van der Waals surface area contributed by atoms with Crippen LogP contribution in [-0.2, 0) is 24.4 Å². The van der Waals surface area contributed by atoms with Crippen molar-refractivity contribution < 1.29 is 22.8 Å². The number of amides is 1. The molecule has 0 aromatic rings. The number of ether oxygens (including phenoxy) is 1. The van der Waals surface area contributed by atoms with Gasteiger partial charge < -0.3 is 20.6 Å². The normalized spacial score (nSPS) is 34.8. The molecule has 4 rings (SSSR count). The van der Waals surface area contributed by atoms with Gasteiger partial charge >= 0.3 is 0 Å². The Bertz CT molecular complexity index is 969. The molecule has 0 radical (unpaired) electrons. The highest BCUT2D eigenvalue weighted by molar-refractivity contribution is 8.03. The van der Waals surface area contributed by atoms with E-state index in [2.05, 4.69) is 30.8 Å². The highest BCUT2D eigenvalue weighted by atomic mass is 32.2. The Morgan fingerprint density at radius 2 is 2.06 bits per heavy atom. The Morgan fingerprint density at radius 3 is 2.71 bits per heavy atom. The number of hydroxylamine groups is 2. The molecule has 1 heterocycles. The van der Waals surface area contributed by atoms with Crippen LogP contribution in [0.25, 0.3) is 0 Å². The van der Waals surface area contributed by atoms with Crippen LogP contribution in [0.1, 0.15) is 60.3 Å². The minimum absolute atomic E-state index is 0.0462. The number of hydrogen-bond acceptors (Lipinski definition) is 8. The first-order valence-electron chi connectivity index (χ1n) is 12.7. The van der Waals surface area contributed by atoms with Crippen LogP contribution in [0.3, 0.4) is 0 Å². The average Bonchev–Trinajstić information content (AvgIpc) is 3.20. The molecule has 1 aliphatic heterocycles. The molecule has 2 bridgehead atoms. The number of nitrogens with zero attached hydrogens (tertiary/aromatic N) is 1. The zero-order valence-corrected chi connectivity index (χ0v) is 23.4. The van der Waals surface area contributed by atoms with E-state index in [0.29, 0.717) is 23.0 Å². The molecule has 3 aliphatic carbocycles. The second kappa shape index (κ2) is 9.79. The lowest BCUT2D eigenvalue weighted by molar-refractivity contribution is -0.180. The van der Waals surface area contributed by atoms with Crippen molar-refractivity contribution in [2.45, 2.75) is 83.4 Å². The molecule has 3 fully saturated rings. The highest BCUT2D eigenvalue weighted by Crippen LogP contribution is 2.71. The summed E-state index contributed by atoms with van der Waals surface area (Å²) in [4.78, 5) is 20.2. The molecule has 11 heteroatoms. The molecule has 4 aliphatic rings. The SMILES string of the molecule is CC1CC2C[C@]3(C1)CC3C2NC(=O)C1=C(SC(C)C)[C@@H](OCC(C)(C)NS(=O)(=O)CCN)N(C)O1. The van der Waals surface area contributed by atoms with Gasteiger partial charge in [-0.15, -0.1) is 16.8 Å². The smallest absolute Gasteiger partial charge is 0.290 e. The number of thioether (sulfide) groups is 1. The van der Waals surface area contributed by atoms with Gasteiger partial charge in [-0.1, -0.05) is 20.8 Å². The van der Waals surface area contributed by atoms with E-state index >= 15 is 0 Å². The average molecular weight is 531 g/mol. The molecule has 200 valence electrons. The fraction of sp³-hybridized carbons (Fsp3) is 0.875. The summed E-state index contributed by atoms with van der Waals surface area (Å²) in [5.74, 6) is 1.84. The molecule has 1 amide bonds. The standard InChI is InChI=1S/C24H42N4O5S2/c1-14(2)34-20-19(21(29)26-18-16-9-15(3)10-24(11-16)12-17(18)24)33-28(6)22(20)32-13-23(4,5)27-35(30,31)8-7-25/h14-18,22,27H,7-13,25H2,1-6H3,(H,26,29)/t15?,16?,17?,18?,22-,24-/m1/s1. The van der Waals surface area contributed by atoms with Crippen LogP contribution in [0.15, 0.2) is 10.7 Å². The fourth-order valence-corrected chi connectivity index (χ4v) is 8.93. The number of nitrogens with one attached hydrogen (secondary N) is 2. The summed E-state index contributed by atoms with van der Waals surface area (Å²) in [6.45, 7) is 10.1. The number of sulfonamides is 1. The molecule has 3 saturated carbocycles. The summed E-state index contributed by atoms with van der Waals surface area (Å²) in [6, 6.07) is 0.218. The predicted molar refractivity (Wildman–Crippen MR) is 137 cm³/mol. The van der Waals surface area contributed by atoms with Crippen molar-refractivity contribution in [3.63, 3.8) is 0 Å². The molecule has 0 aromatic carbocycles. The zero-order chi connectivity index (χ0) is 25.8. The Balaban J connectivity index is 1.46. The largest absolute Gasteiger partial charge is 0.396 e. The molecule has 0 saturated heterocycles. The number of fused-ring (bicyclic) bond motifs is 1. The Labute approximate surface area is 214 Å². The van der Waals surface area contributed by atoms with Crippen LogP contribution < -0.4 is 15.8 Å². The lowest BCUT2D eigenvalue weighted by Gasteiger charge is -2.31. The summed E-state index contributed by atoms with van der Waals surface area (Å²) < 4.78 is 33.2. The third-order valence-corrected chi connectivity index (χ3v) is 10.4. The fourth-order valence-electron chi connectivity index (χ4n) is 6.53. The zero-order valence-electron chi connectivity index (χ0n) is 21.8. The van der Waals surface area contributed by atoms with Gasteiger partial charge in [-0.25, -0.2) is 13.1 Å². The Kier molecular flexibility index (Phi) is 7.61. The molecule has 1 spiro atoms. The van der Waals surface area contributed by atoms with Crippen LogP contribution in [0.4, 0.5) is 0 Å². The lowest BCUT2D eigenvalue weighted by atomic mass is 9.77. The number of carbonyl (C=O) groups excluding carboxylic acids is 1. The topological polar surface area (TPSA) is 123 Å². The number of hydrogen-bond donors (Lipinski definition) is 3. The molecule has 4 unspecified atom stereocenters. The van der Waals surface area contributed by atoms with Gasteiger partial charge in [0, 0.05) is 24.9 Å². The summed E-state index contributed by atoms with van der Waals surface area (Å²) in [5.41, 5.74) is 5.03. The number of likely N-dealkylation sites (N-methyl/N-ethyl adjacent to an activating group) is 1. The minimum Gasteiger partial charge on any atom is -0.396 e. The molecular formula is C24H42N4O5S2. The summed E-state index contributed by atoms with van der Waals surface area (Å²) in [5, 5.41) is 5.09. The van der Waals surface area contributed by atoms with Gasteiger partial charge in [0.25, 0.3) is 5.91 Å². The van der Waals surface area contributed by atoms with E-state index in [9.17, 15) is 13.2 Å². The third kappa shape index (κ3) is 5.85. The van der Waals surface area contributed by atoms with Crippen LogP contribution in [-0.4, -0.2) is 68.4 Å². The van der Waals surface area contributed by atoms with Gasteiger partial charge in [-0.3, -0.25) is 4.79 Å². The Hall–Kier alpha value is -0.850. The molecule has 35 heavy (non-hydrogen) atoms. The molecule has 4 N–H and O–H groups in total. The van der Waals surface area contributed by atoms with Crippen molar-refractivity contribution in [3.8, 4) is 0 Å². The van der Waals surface area contributed by atoms with Gasteiger partial charge in [-0.2, -0.15) is 0 Å². The molecule has 6 atom stereocenters. The van der Waals surface area contributed by atoms with Gasteiger partial charge in [-0.05, 0) is 62.7 Å². The van der Waals surface area contributed by atoms with Crippen molar-refractivity contribution in [3.05, 3.63) is 10.7 Å². The van der Waals surface area contributed by atoms with Crippen LogP contribution in [0.5, 0.6) is 0 Å². The van der Waals surface area contributed by atoms with Gasteiger partial charge in [0.2, 0.25) is 15.8 Å². The van der Waals surface area contributed by atoms with Gasteiger partial charge in [0.15, 0.2) is 6.23 Å². The van der Waals surface area contributed by atoms with Gasteiger partial charge in [0.05, 0.1) is 22.8 Å². The summed E-state index contributed by atoms with van der Waals surface area (Å²) >= 11 is 1.54. The van der Waals surface area contributed by atoms with E-state index in [1.165, 1.54) is 30.7 Å². The van der Waals surface area contributed by atoms with E-state index in [1.807, 2.05) is 0 Å². The quantitative estimate of drug-likeness (QED) is 0.371. The predicted octanol–water partition coefficient (Wildman–Crippen LogP) is 2.16. The second-order valence-corrected chi connectivity index (χ2v) is 15.4. The van der Waals surface area contributed by atoms with E-state index in [0.717, 1.165) is 10.8 Å². The maximum Gasteiger partial charge on any atom is 0.290 e.